The van der Waals surface area contributed by atoms with Crippen molar-refractivity contribution in [3.63, 3.8) is 0 Å². The number of hydrogen-bond acceptors (Lipinski definition) is 3. The van der Waals surface area contributed by atoms with Crippen LogP contribution in [0.25, 0.3) is 0 Å². The number of methoxy groups -OCH3 is 1. The van der Waals surface area contributed by atoms with Crippen molar-refractivity contribution in [2.75, 3.05) is 7.11 Å². The van der Waals surface area contributed by atoms with Crippen molar-refractivity contribution in [1.82, 2.24) is 0 Å². The van der Waals surface area contributed by atoms with Crippen LogP contribution in [0, 0.1) is 17.8 Å². The molecule has 0 saturated heterocycles. The summed E-state index contributed by atoms with van der Waals surface area (Å²) < 4.78 is 4.68. The molecule has 1 atom stereocenters. The van der Waals surface area contributed by atoms with Gasteiger partial charge in [0.25, 0.3) is 0 Å². The third-order valence-electron chi connectivity index (χ3n) is 3.22. The van der Waals surface area contributed by atoms with Gasteiger partial charge < -0.3 is 10.5 Å². The summed E-state index contributed by atoms with van der Waals surface area (Å²) in [6, 6.07) is -0.370. The third kappa shape index (κ3) is 1.85. The largest absolute Gasteiger partial charge is 0.468 e. The number of carbonyl (C=O) groups is 1. The molecule has 13 heavy (non-hydrogen) atoms. The third-order valence-corrected chi connectivity index (χ3v) is 3.22. The number of hydrogen-bond donors (Lipinski definition) is 1. The highest BCUT2D eigenvalue weighted by molar-refractivity contribution is 5.75. The lowest BCUT2D eigenvalue weighted by atomic mass is 9.90. The van der Waals surface area contributed by atoms with Crippen molar-refractivity contribution in [3.05, 3.63) is 0 Å². The van der Waals surface area contributed by atoms with Crippen LogP contribution >= 0.6 is 0 Å². The van der Waals surface area contributed by atoms with Gasteiger partial charge in [0.05, 0.1) is 7.11 Å². The fraction of sp³-hybridized carbons (Fsp3) is 0.900. The maximum Gasteiger partial charge on any atom is 0.322 e. The number of ether oxygens (including phenoxy) is 1. The maximum absolute atomic E-state index is 11.3. The van der Waals surface area contributed by atoms with E-state index in [2.05, 4.69) is 4.74 Å². The quantitative estimate of drug-likeness (QED) is 0.659. The zero-order valence-corrected chi connectivity index (χ0v) is 8.03. The minimum Gasteiger partial charge on any atom is -0.468 e. The molecule has 2 N–H and O–H groups in total. The second-order valence-corrected chi connectivity index (χ2v) is 4.30. The van der Waals surface area contributed by atoms with E-state index in [9.17, 15) is 4.79 Å². The van der Waals surface area contributed by atoms with Crippen LogP contribution < -0.4 is 5.73 Å². The molecule has 0 heterocycles. The van der Waals surface area contributed by atoms with Crippen LogP contribution in [0.2, 0.25) is 0 Å². The average Bonchev–Trinajstić information content (AvgIpc) is 2.95. The molecule has 2 aliphatic rings. The van der Waals surface area contributed by atoms with Crippen LogP contribution in [-0.2, 0) is 9.53 Å². The number of nitrogens with two attached hydrogens (primary N) is 1. The van der Waals surface area contributed by atoms with Crippen LogP contribution in [0.3, 0.4) is 0 Å². The van der Waals surface area contributed by atoms with Gasteiger partial charge in [-0.25, -0.2) is 0 Å². The SMILES string of the molecule is COC(=O)C(N)C(C1CC1)C1CC1. The van der Waals surface area contributed by atoms with Crippen molar-refractivity contribution in [1.29, 1.82) is 0 Å². The Kier molecular flexibility index (Phi) is 2.28. The smallest absolute Gasteiger partial charge is 0.322 e. The first-order valence-electron chi connectivity index (χ1n) is 5.07. The Morgan fingerprint density at radius 3 is 2.08 bits per heavy atom. The minimum atomic E-state index is -0.370. The monoisotopic (exact) mass is 183 g/mol. The van der Waals surface area contributed by atoms with Gasteiger partial charge in [-0.1, -0.05) is 0 Å². The molecular weight excluding hydrogens is 166 g/mol. The molecule has 0 radical (unpaired) electrons. The lowest BCUT2D eigenvalue weighted by Gasteiger charge is -2.20. The van der Waals surface area contributed by atoms with E-state index in [1.165, 1.54) is 32.8 Å². The summed E-state index contributed by atoms with van der Waals surface area (Å²) in [6.45, 7) is 0. The predicted octanol–water partition coefficient (Wildman–Crippen LogP) is 0.923. The molecule has 0 amide bonds. The minimum absolute atomic E-state index is 0.233. The molecule has 0 aliphatic heterocycles. The van der Waals surface area contributed by atoms with Gasteiger partial charge >= 0.3 is 5.97 Å². The Morgan fingerprint density at radius 1 is 1.31 bits per heavy atom. The molecule has 2 rings (SSSR count). The van der Waals surface area contributed by atoms with E-state index in [1.807, 2.05) is 0 Å². The summed E-state index contributed by atoms with van der Waals surface area (Å²) >= 11 is 0. The maximum atomic E-state index is 11.3. The second kappa shape index (κ2) is 3.29. The highest BCUT2D eigenvalue weighted by Gasteiger charge is 2.46. The Bertz CT molecular complexity index is 197. The van der Waals surface area contributed by atoms with E-state index >= 15 is 0 Å². The highest BCUT2D eigenvalue weighted by atomic mass is 16.5. The van der Waals surface area contributed by atoms with Gasteiger partial charge in [-0.3, -0.25) is 4.79 Å². The Morgan fingerprint density at radius 2 is 1.77 bits per heavy atom. The van der Waals surface area contributed by atoms with E-state index in [4.69, 9.17) is 5.73 Å². The molecule has 0 aromatic heterocycles. The first-order chi connectivity index (χ1) is 6.24. The molecule has 0 aromatic carbocycles. The normalized spacial score (nSPS) is 24.5. The van der Waals surface area contributed by atoms with Crippen LogP contribution in [0.15, 0.2) is 0 Å². The van der Waals surface area contributed by atoms with Gasteiger partial charge in [0, 0.05) is 0 Å². The lowest BCUT2D eigenvalue weighted by molar-refractivity contribution is -0.144. The molecule has 0 bridgehead atoms. The molecule has 74 valence electrons. The molecule has 2 saturated carbocycles. The van der Waals surface area contributed by atoms with Crippen LogP contribution in [-0.4, -0.2) is 19.1 Å². The van der Waals surface area contributed by atoms with E-state index in [1.54, 1.807) is 0 Å². The number of rotatable bonds is 4. The summed E-state index contributed by atoms with van der Waals surface area (Å²) in [4.78, 5) is 11.3. The fourth-order valence-corrected chi connectivity index (χ4v) is 2.23. The standard InChI is InChI=1S/C10H17NO2/c1-13-10(12)9(11)8(6-2-3-6)7-4-5-7/h6-9H,2-5,11H2,1H3. The molecule has 0 aromatic rings. The fourth-order valence-electron chi connectivity index (χ4n) is 2.23. The summed E-state index contributed by atoms with van der Waals surface area (Å²) in [5.74, 6) is 1.60. The Labute approximate surface area is 78.6 Å². The van der Waals surface area contributed by atoms with E-state index in [0.717, 1.165) is 0 Å². The zero-order chi connectivity index (χ0) is 9.42. The molecule has 2 fully saturated rings. The van der Waals surface area contributed by atoms with Crippen LogP contribution in [0.4, 0.5) is 0 Å². The van der Waals surface area contributed by atoms with Crippen molar-refractivity contribution >= 4 is 5.97 Å². The Hall–Kier alpha value is -0.570. The predicted molar refractivity (Wildman–Crippen MR) is 48.9 cm³/mol. The second-order valence-electron chi connectivity index (χ2n) is 4.30. The van der Waals surface area contributed by atoms with Crippen LogP contribution in [0.5, 0.6) is 0 Å². The molecule has 2 aliphatic carbocycles. The number of esters is 1. The first kappa shape index (κ1) is 9.00. The lowest BCUT2D eigenvalue weighted by Crippen LogP contribution is -2.41. The van der Waals surface area contributed by atoms with Crippen molar-refractivity contribution < 1.29 is 9.53 Å². The molecular formula is C10H17NO2. The van der Waals surface area contributed by atoms with Crippen molar-refractivity contribution in [2.45, 2.75) is 31.7 Å². The number of carbonyl (C=O) groups excluding carboxylic acids is 1. The summed E-state index contributed by atoms with van der Waals surface area (Å²) in [5, 5.41) is 0. The van der Waals surface area contributed by atoms with Gasteiger partial charge in [0.2, 0.25) is 0 Å². The van der Waals surface area contributed by atoms with Crippen molar-refractivity contribution in [2.24, 2.45) is 23.5 Å². The van der Waals surface area contributed by atoms with Gasteiger partial charge in [-0.05, 0) is 43.4 Å². The zero-order valence-electron chi connectivity index (χ0n) is 8.03. The van der Waals surface area contributed by atoms with Crippen molar-refractivity contribution in [3.8, 4) is 0 Å². The highest BCUT2D eigenvalue weighted by Crippen LogP contribution is 2.50. The van der Waals surface area contributed by atoms with Gasteiger partial charge in [0.1, 0.15) is 6.04 Å². The van der Waals surface area contributed by atoms with Crippen LogP contribution in [0.1, 0.15) is 25.7 Å². The Balaban J connectivity index is 1.96. The summed E-state index contributed by atoms with van der Waals surface area (Å²) in [5.41, 5.74) is 5.88. The molecule has 0 spiro atoms. The topological polar surface area (TPSA) is 52.3 Å². The summed E-state index contributed by atoms with van der Waals surface area (Å²) in [7, 11) is 1.42. The first-order valence-corrected chi connectivity index (χ1v) is 5.07. The molecule has 3 heteroatoms. The van der Waals surface area contributed by atoms with E-state index in [0.29, 0.717) is 17.8 Å². The van der Waals surface area contributed by atoms with Gasteiger partial charge in [0.15, 0.2) is 0 Å². The summed E-state index contributed by atoms with van der Waals surface area (Å²) in [6.07, 6.45) is 5.02. The average molecular weight is 183 g/mol. The van der Waals surface area contributed by atoms with E-state index in [-0.39, 0.29) is 12.0 Å². The van der Waals surface area contributed by atoms with Gasteiger partial charge in [-0.2, -0.15) is 0 Å². The van der Waals surface area contributed by atoms with Gasteiger partial charge in [-0.15, -0.1) is 0 Å². The van der Waals surface area contributed by atoms with E-state index < -0.39 is 0 Å². The molecule has 3 nitrogen and oxygen atoms in total. The molecule has 1 unspecified atom stereocenters.